The van der Waals surface area contributed by atoms with Crippen molar-refractivity contribution in [3.05, 3.63) is 52.7 Å². The summed E-state index contributed by atoms with van der Waals surface area (Å²) in [5.41, 5.74) is 2.12. The van der Waals surface area contributed by atoms with Crippen molar-refractivity contribution in [3.8, 4) is 0 Å². The van der Waals surface area contributed by atoms with Gasteiger partial charge in [-0.25, -0.2) is 4.98 Å². The molecule has 0 saturated carbocycles. The minimum absolute atomic E-state index is 0.219. The fraction of sp³-hybridized carbons (Fsp3) is 0.294. The van der Waals surface area contributed by atoms with Gasteiger partial charge in [-0.2, -0.15) is 0 Å². The molecule has 2 aromatic rings. The van der Waals surface area contributed by atoms with E-state index in [1.165, 1.54) is 0 Å². The van der Waals surface area contributed by atoms with Gasteiger partial charge in [-0.1, -0.05) is 17.7 Å². The second kappa shape index (κ2) is 8.50. The Morgan fingerprint density at radius 1 is 1.30 bits per heavy atom. The van der Waals surface area contributed by atoms with Gasteiger partial charge in [0.15, 0.2) is 0 Å². The lowest BCUT2D eigenvalue weighted by atomic mass is 10.2. The molecule has 2 rings (SSSR count). The Hall–Kier alpha value is -2.11. The number of benzene rings is 1. The molecule has 0 aliphatic rings. The van der Waals surface area contributed by atoms with E-state index in [9.17, 15) is 4.79 Å². The average molecular weight is 334 g/mol. The van der Waals surface area contributed by atoms with E-state index in [0.29, 0.717) is 22.9 Å². The highest BCUT2D eigenvalue weighted by Crippen LogP contribution is 2.20. The SMILES string of the molecule is COCCCNc1ccc(C(=O)Nc2ccc(C)c(Cl)c2)cn1. The van der Waals surface area contributed by atoms with Crippen LogP contribution in [0.5, 0.6) is 0 Å². The zero-order valence-corrected chi connectivity index (χ0v) is 14.0. The highest BCUT2D eigenvalue weighted by Gasteiger charge is 2.07. The quantitative estimate of drug-likeness (QED) is 0.758. The van der Waals surface area contributed by atoms with E-state index in [-0.39, 0.29) is 5.91 Å². The minimum atomic E-state index is -0.219. The molecule has 0 aliphatic carbocycles. The summed E-state index contributed by atoms with van der Waals surface area (Å²) in [5, 5.41) is 6.60. The van der Waals surface area contributed by atoms with E-state index in [1.54, 1.807) is 31.5 Å². The number of halogens is 1. The lowest BCUT2D eigenvalue weighted by molar-refractivity contribution is 0.102. The number of methoxy groups -OCH3 is 1. The number of pyridine rings is 1. The molecule has 0 saturated heterocycles. The summed E-state index contributed by atoms with van der Waals surface area (Å²) in [5.74, 6) is 0.513. The second-order valence-corrected chi connectivity index (χ2v) is 5.53. The van der Waals surface area contributed by atoms with Crippen LogP contribution in [-0.2, 0) is 4.74 Å². The first-order valence-corrected chi connectivity index (χ1v) is 7.74. The van der Waals surface area contributed by atoms with E-state index < -0.39 is 0 Å². The highest BCUT2D eigenvalue weighted by atomic mass is 35.5. The maximum atomic E-state index is 12.2. The zero-order chi connectivity index (χ0) is 16.7. The van der Waals surface area contributed by atoms with Gasteiger partial charge < -0.3 is 15.4 Å². The van der Waals surface area contributed by atoms with Crippen molar-refractivity contribution in [1.29, 1.82) is 0 Å². The summed E-state index contributed by atoms with van der Waals surface area (Å²) in [7, 11) is 1.67. The number of hydrogen-bond donors (Lipinski definition) is 2. The normalized spacial score (nSPS) is 10.4. The molecule has 0 unspecified atom stereocenters. The highest BCUT2D eigenvalue weighted by molar-refractivity contribution is 6.31. The molecule has 23 heavy (non-hydrogen) atoms. The van der Waals surface area contributed by atoms with Crippen molar-refractivity contribution in [2.24, 2.45) is 0 Å². The molecule has 1 heterocycles. The average Bonchev–Trinajstić information content (AvgIpc) is 2.55. The van der Waals surface area contributed by atoms with Crippen LogP contribution in [0.2, 0.25) is 5.02 Å². The smallest absolute Gasteiger partial charge is 0.257 e. The lowest BCUT2D eigenvalue weighted by Gasteiger charge is -2.08. The van der Waals surface area contributed by atoms with Crippen LogP contribution in [0.4, 0.5) is 11.5 Å². The van der Waals surface area contributed by atoms with Gasteiger partial charge in [-0.3, -0.25) is 4.79 Å². The van der Waals surface area contributed by atoms with Gasteiger partial charge in [0.25, 0.3) is 5.91 Å². The largest absolute Gasteiger partial charge is 0.385 e. The fourth-order valence-corrected chi connectivity index (χ4v) is 2.12. The zero-order valence-electron chi connectivity index (χ0n) is 13.2. The van der Waals surface area contributed by atoms with Crippen LogP contribution in [0, 0.1) is 6.92 Å². The van der Waals surface area contributed by atoms with Crippen LogP contribution >= 0.6 is 11.6 Å². The molecule has 0 radical (unpaired) electrons. The number of anilines is 2. The number of carbonyl (C=O) groups is 1. The lowest BCUT2D eigenvalue weighted by Crippen LogP contribution is -2.13. The van der Waals surface area contributed by atoms with Crippen LogP contribution < -0.4 is 10.6 Å². The number of carbonyl (C=O) groups excluding carboxylic acids is 1. The molecule has 5 nitrogen and oxygen atoms in total. The van der Waals surface area contributed by atoms with Crippen molar-refractivity contribution >= 4 is 29.0 Å². The number of nitrogens with one attached hydrogen (secondary N) is 2. The van der Waals surface area contributed by atoms with Crippen LogP contribution in [0.1, 0.15) is 22.3 Å². The van der Waals surface area contributed by atoms with Gasteiger partial charge >= 0.3 is 0 Å². The Kier molecular flexibility index (Phi) is 6.38. The molecule has 2 N–H and O–H groups in total. The van der Waals surface area contributed by atoms with Crippen LogP contribution in [-0.4, -0.2) is 31.2 Å². The van der Waals surface area contributed by atoms with Gasteiger partial charge in [0, 0.05) is 37.2 Å². The van der Waals surface area contributed by atoms with Crippen molar-refractivity contribution in [2.75, 3.05) is 30.9 Å². The number of amides is 1. The van der Waals surface area contributed by atoms with Crippen LogP contribution in [0.3, 0.4) is 0 Å². The van der Waals surface area contributed by atoms with E-state index in [1.807, 2.05) is 19.1 Å². The molecule has 0 fully saturated rings. The number of aromatic nitrogens is 1. The van der Waals surface area contributed by atoms with Crippen LogP contribution in [0.15, 0.2) is 36.5 Å². The minimum Gasteiger partial charge on any atom is -0.385 e. The number of aryl methyl sites for hydroxylation is 1. The first kappa shape index (κ1) is 17.2. The predicted molar refractivity (Wildman–Crippen MR) is 93.4 cm³/mol. The van der Waals surface area contributed by atoms with E-state index in [2.05, 4.69) is 15.6 Å². The topological polar surface area (TPSA) is 63.2 Å². The Balaban J connectivity index is 1.93. The Labute approximate surface area is 141 Å². The molecule has 1 amide bonds. The number of hydrogen-bond acceptors (Lipinski definition) is 4. The van der Waals surface area contributed by atoms with Gasteiger partial charge in [-0.05, 0) is 43.2 Å². The van der Waals surface area contributed by atoms with E-state index in [4.69, 9.17) is 16.3 Å². The molecule has 1 aromatic carbocycles. The maximum Gasteiger partial charge on any atom is 0.257 e. The first-order valence-electron chi connectivity index (χ1n) is 7.36. The van der Waals surface area contributed by atoms with Gasteiger partial charge in [0.1, 0.15) is 5.82 Å². The summed E-state index contributed by atoms with van der Waals surface area (Å²) >= 11 is 6.05. The monoisotopic (exact) mass is 333 g/mol. The molecule has 0 bridgehead atoms. The molecule has 6 heteroatoms. The number of rotatable bonds is 7. The third-order valence-electron chi connectivity index (χ3n) is 3.29. The van der Waals surface area contributed by atoms with Crippen molar-refractivity contribution in [1.82, 2.24) is 4.98 Å². The van der Waals surface area contributed by atoms with E-state index in [0.717, 1.165) is 24.3 Å². The van der Waals surface area contributed by atoms with Gasteiger partial charge in [-0.15, -0.1) is 0 Å². The summed E-state index contributed by atoms with van der Waals surface area (Å²) < 4.78 is 4.98. The van der Waals surface area contributed by atoms with E-state index >= 15 is 0 Å². The predicted octanol–water partition coefficient (Wildman–Crippen LogP) is 3.74. The van der Waals surface area contributed by atoms with Crippen molar-refractivity contribution in [3.63, 3.8) is 0 Å². The Morgan fingerprint density at radius 3 is 2.78 bits per heavy atom. The molecule has 0 atom stereocenters. The van der Waals surface area contributed by atoms with Crippen LogP contribution in [0.25, 0.3) is 0 Å². The summed E-state index contributed by atoms with van der Waals surface area (Å²) in [4.78, 5) is 16.4. The Bertz CT molecular complexity index is 659. The molecular formula is C17H20ClN3O2. The van der Waals surface area contributed by atoms with Gasteiger partial charge in [0.05, 0.1) is 5.56 Å². The third kappa shape index (κ3) is 5.23. The summed E-state index contributed by atoms with van der Waals surface area (Å²) in [6.07, 6.45) is 2.44. The molecule has 0 spiro atoms. The third-order valence-corrected chi connectivity index (χ3v) is 3.69. The standard InChI is InChI=1S/C17H20ClN3O2/c1-12-4-6-14(10-15(12)18)21-17(22)13-5-7-16(20-11-13)19-8-3-9-23-2/h4-7,10-11H,3,8-9H2,1-2H3,(H,19,20)(H,21,22). The summed E-state index contributed by atoms with van der Waals surface area (Å²) in [6.45, 7) is 3.39. The van der Waals surface area contributed by atoms with Crippen molar-refractivity contribution in [2.45, 2.75) is 13.3 Å². The summed E-state index contributed by atoms with van der Waals surface area (Å²) in [6, 6.07) is 8.93. The number of nitrogens with zero attached hydrogens (tertiary/aromatic N) is 1. The molecular weight excluding hydrogens is 314 g/mol. The molecule has 1 aromatic heterocycles. The second-order valence-electron chi connectivity index (χ2n) is 5.12. The van der Waals surface area contributed by atoms with Crippen molar-refractivity contribution < 1.29 is 9.53 Å². The Morgan fingerprint density at radius 2 is 2.13 bits per heavy atom. The fourth-order valence-electron chi connectivity index (χ4n) is 1.94. The first-order chi connectivity index (χ1) is 11.1. The van der Waals surface area contributed by atoms with Gasteiger partial charge in [0.2, 0.25) is 0 Å². The molecule has 122 valence electrons. The number of ether oxygens (including phenoxy) is 1. The maximum absolute atomic E-state index is 12.2. The molecule has 0 aliphatic heterocycles.